The van der Waals surface area contributed by atoms with Crippen molar-refractivity contribution in [1.29, 1.82) is 0 Å². The summed E-state index contributed by atoms with van der Waals surface area (Å²) >= 11 is 0. The van der Waals surface area contributed by atoms with E-state index in [2.05, 4.69) is 15.4 Å². The molecule has 0 heterocycles. The predicted molar refractivity (Wildman–Crippen MR) is 79.1 cm³/mol. The molecule has 0 spiro atoms. The second-order valence-electron chi connectivity index (χ2n) is 4.28. The van der Waals surface area contributed by atoms with Crippen LogP contribution in [0.25, 0.3) is 0 Å². The zero-order valence-electron chi connectivity index (χ0n) is 11.8. The summed E-state index contributed by atoms with van der Waals surface area (Å²) in [6, 6.07) is 6.11. The number of hydrogen-bond acceptors (Lipinski definition) is 4. The van der Waals surface area contributed by atoms with Gasteiger partial charge in [-0.1, -0.05) is 6.92 Å². The van der Waals surface area contributed by atoms with Gasteiger partial charge in [0.25, 0.3) is 0 Å². The highest BCUT2D eigenvalue weighted by molar-refractivity contribution is 7.89. The first kappa shape index (κ1) is 16.6. The third kappa shape index (κ3) is 5.28. The molecule has 0 aromatic heterocycles. The van der Waals surface area contributed by atoms with Gasteiger partial charge in [0.2, 0.25) is 15.9 Å². The lowest BCUT2D eigenvalue weighted by molar-refractivity contribution is -0.115. The lowest BCUT2D eigenvalue weighted by atomic mass is 10.3. The topological polar surface area (TPSA) is 87.3 Å². The largest absolute Gasteiger partial charge is 0.326 e. The molecular weight excluding hydrogens is 278 g/mol. The Kier molecular flexibility index (Phi) is 6.63. The van der Waals surface area contributed by atoms with E-state index in [1.165, 1.54) is 12.1 Å². The molecule has 0 aliphatic rings. The minimum Gasteiger partial charge on any atom is -0.326 e. The van der Waals surface area contributed by atoms with Crippen LogP contribution in [-0.2, 0) is 14.8 Å². The van der Waals surface area contributed by atoms with E-state index in [1.54, 1.807) is 19.1 Å². The average Bonchev–Trinajstić information content (AvgIpc) is 2.44. The first-order chi connectivity index (χ1) is 9.49. The van der Waals surface area contributed by atoms with Crippen LogP contribution in [0.4, 0.5) is 5.69 Å². The number of sulfonamides is 1. The summed E-state index contributed by atoms with van der Waals surface area (Å²) in [5.41, 5.74) is 0.589. The number of benzene rings is 1. The molecule has 20 heavy (non-hydrogen) atoms. The molecule has 0 radical (unpaired) electrons. The van der Waals surface area contributed by atoms with Gasteiger partial charge in [-0.3, -0.25) is 4.79 Å². The lowest BCUT2D eigenvalue weighted by Gasteiger charge is -2.08. The van der Waals surface area contributed by atoms with E-state index in [-0.39, 0.29) is 10.8 Å². The lowest BCUT2D eigenvalue weighted by Crippen LogP contribution is -2.26. The Balaban J connectivity index is 2.64. The minimum atomic E-state index is -3.48. The number of carbonyl (C=O) groups is 1. The number of rotatable bonds is 8. The van der Waals surface area contributed by atoms with E-state index >= 15 is 0 Å². The van der Waals surface area contributed by atoms with Crippen molar-refractivity contribution < 1.29 is 13.2 Å². The summed E-state index contributed by atoms with van der Waals surface area (Å²) in [6.45, 7) is 2.89. The van der Waals surface area contributed by atoms with Gasteiger partial charge in [-0.25, -0.2) is 13.1 Å². The van der Waals surface area contributed by atoms with Gasteiger partial charge < -0.3 is 10.6 Å². The summed E-state index contributed by atoms with van der Waals surface area (Å²) < 4.78 is 26.5. The summed E-state index contributed by atoms with van der Waals surface area (Å²) in [6.07, 6.45) is 1.10. The molecule has 0 aliphatic heterocycles. The van der Waals surface area contributed by atoms with Crippen LogP contribution in [0, 0.1) is 0 Å². The third-order valence-corrected chi connectivity index (χ3v) is 4.14. The van der Waals surface area contributed by atoms with Crippen LogP contribution in [0.15, 0.2) is 29.2 Å². The van der Waals surface area contributed by atoms with Crippen molar-refractivity contribution in [3.63, 3.8) is 0 Å². The number of carbonyl (C=O) groups excluding carboxylic acids is 1. The molecule has 0 bridgehead atoms. The molecular formula is C13H21N3O3S. The first-order valence-electron chi connectivity index (χ1n) is 6.53. The summed E-state index contributed by atoms with van der Waals surface area (Å²) in [4.78, 5) is 11.4. The summed E-state index contributed by atoms with van der Waals surface area (Å²) in [5.74, 6) is -0.106. The van der Waals surface area contributed by atoms with Crippen LogP contribution in [-0.4, -0.2) is 34.5 Å². The molecule has 0 fully saturated rings. The van der Waals surface area contributed by atoms with E-state index in [9.17, 15) is 13.2 Å². The van der Waals surface area contributed by atoms with E-state index in [4.69, 9.17) is 0 Å². The molecule has 6 nitrogen and oxygen atoms in total. The molecule has 1 aromatic carbocycles. The van der Waals surface area contributed by atoms with Crippen molar-refractivity contribution in [2.45, 2.75) is 24.7 Å². The van der Waals surface area contributed by atoms with Crippen molar-refractivity contribution in [3.05, 3.63) is 24.3 Å². The van der Waals surface area contributed by atoms with Crippen LogP contribution >= 0.6 is 0 Å². The maximum atomic E-state index is 12.0. The number of amides is 1. The highest BCUT2D eigenvalue weighted by Gasteiger charge is 2.12. The van der Waals surface area contributed by atoms with Crippen molar-refractivity contribution in [2.24, 2.45) is 0 Å². The quantitative estimate of drug-likeness (QED) is 0.623. The van der Waals surface area contributed by atoms with Crippen LogP contribution in [0.2, 0.25) is 0 Å². The molecule has 3 N–H and O–H groups in total. The third-order valence-electron chi connectivity index (χ3n) is 2.67. The van der Waals surface area contributed by atoms with E-state index in [1.807, 2.05) is 7.05 Å². The normalized spacial score (nSPS) is 11.3. The maximum Gasteiger partial charge on any atom is 0.240 e. The Hall–Kier alpha value is -1.44. The summed E-state index contributed by atoms with van der Waals surface area (Å²) in [7, 11) is -1.66. The predicted octanol–water partition coefficient (Wildman–Crippen LogP) is 0.923. The van der Waals surface area contributed by atoms with Gasteiger partial charge in [-0.15, -0.1) is 0 Å². The van der Waals surface area contributed by atoms with Gasteiger partial charge in [-0.2, -0.15) is 0 Å². The Bertz CT molecular complexity index is 526. The van der Waals surface area contributed by atoms with Gasteiger partial charge in [0.1, 0.15) is 0 Å². The van der Waals surface area contributed by atoms with E-state index < -0.39 is 10.0 Å². The molecule has 1 rings (SSSR count). The Labute approximate surface area is 120 Å². The van der Waals surface area contributed by atoms with E-state index in [0.29, 0.717) is 18.7 Å². The average molecular weight is 299 g/mol. The zero-order chi connectivity index (χ0) is 15.0. The molecule has 0 saturated carbocycles. The highest BCUT2D eigenvalue weighted by atomic mass is 32.2. The number of anilines is 1. The van der Waals surface area contributed by atoms with Crippen LogP contribution in [0.1, 0.15) is 19.8 Å². The molecule has 0 aliphatic carbocycles. The van der Waals surface area contributed by atoms with Gasteiger partial charge in [-0.05, 0) is 44.3 Å². The van der Waals surface area contributed by atoms with Gasteiger partial charge in [0.05, 0.1) is 4.90 Å². The molecule has 1 amide bonds. The molecule has 7 heteroatoms. The molecule has 1 aromatic rings. The number of hydrogen-bond donors (Lipinski definition) is 3. The van der Waals surface area contributed by atoms with Crippen molar-refractivity contribution in [1.82, 2.24) is 10.0 Å². The fourth-order valence-electron chi connectivity index (χ4n) is 1.52. The van der Waals surface area contributed by atoms with Crippen molar-refractivity contribution in [2.75, 3.05) is 25.5 Å². The minimum absolute atomic E-state index is 0.106. The Morgan fingerprint density at radius 3 is 2.35 bits per heavy atom. The fraction of sp³-hybridized carbons (Fsp3) is 0.462. The maximum absolute atomic E-state index is 12.0. The smallest absolute Gasteiger partial charge is 0.240 e. The van der Waals surface area contributed by atoms with Crippen LogP contribution < -0.4 is 15.4 Å². The standard InChI is InChI=1S/C13H21N3O3S/c1-3-13(17)16-11-5-7-12(8-6-11)20(18,19)15-10-4-9-14-2/h5-8,14-15H,3-4,9-10H2,1-2H3,(H,16,17). The SMILES string of the molecule is CCC(=O)Nc1ccc(S(=O)(=O)NCCCNC)cc1. The molecule has 112 valence electrons. The van der Waals surface area contributed by atoms with Gasteiger partial charge in [0.15, 0.2) is 0 Å². The zero-order valence-corrected chi connectivity index (χ0v) is 12.6. The Morgan fingerprint density at radius 1 is 1.15 bits per heavy atom. The van der Waals surface area contributed by atoms with Crippen molar-refractivity contribution in [3.8, 4) is 0 Å². The summed E-state index contributed by atoms with van der Waals surface area (Å²) in [5, 5.41) is 5.62. The van der Waals surface area contributed by atoms with Gasteiger partial charge >= 0.3 is 0 Å². The van der Waals surface area contributed by atoms with Crippen molar-refractivity contribution >= 4 is 21.6 Å². The van der Waals surface area contributed by atoms with E-state index in [0.717, 1.165) is 13.0 Å². The van der Waals surface area contributed by atoms with Gasteiger partial charge in [0, 0.05) is 18.7 Å². The molecule has 0 unspecified atom stereocenters. The monoisotopic (exact) mass is 299 g/mol. The van der Waals surface area contributed by atoms with Crippen LogP contribution in [0.3, 0.4) is 0 Å². The molecule has 0 saturated heterocycles. The Morgan fingerprint density at radius 2 is 1.80 bits per heavy atom. The second-order valence-corrected chi connectivity index (χ2v) is 6.05. The second kappa shape index (κ2) is 7.98. The molecule has 0 atom stereocenters. The fourth-order valence-corrected chi connectivity index (χ4v) is 2.60. The highest BCUT2D eigenvalue weighted by Crippen LogP contribution is 2.14. The first-order valence-corrected chi connectivity index (χ1v) is 8.02. The number of nitrogens with one attached hydrogen (secondary N) is 3. The van der Waals surface area contributed by atoms with Crippen LogP contribution in [0.5, 0.6) is 0 Å².